The van der Waals surface area contributed by atoms with Gasteiger partial charge in [0.15, 0.2) is 0 Å². The van der Waals surface area contributed by atoms with Gasteiger partial charge in [-0.3, -0.25) is 9.59 Å². The maximum Gasteiger partial charge on any atom is 0.256 e. The van der Waals surface area contributed by atoms with Gasteiger partial charge in [0.05, 0.1) is 29.3 Å². The van der Waals surface area contributed by atoms with Crippen LogP contribution in [-0.4, -0.2) is 34.0 Å². The smallest absolute Gasteiger partial charge is 0.256 e. The molecule has 2 heterocycles. The summed E-state index contributed by atoms with van der Waals surface area (Å²) in [5.74, 6) is -0.853. The Kier molecular flexibility index (Phi) is 6.16. The molecular weight excluding hydrogens is 468 g/mol. The monoisotopic (exact) mass is 491 g/mol. The number of carbonyl (C=O) groups is 1. The number of amides is 1. The summed E-state index contributed by atoms with van der Waals surface area (Å²) in [5, 5.41) is 14.8. The minimum atomic E-state index is -1.27. The largest absolute Gasteiger partial charge is 0.384 e. The Morgan fingerprint density at radius 3 is 2.70 bits per heavy atom. The molecule has 33 heavy (non-hydrogen) atoms. The molecule has 0 aliphatic carbocycles. The molecule has 0 saturated carbocycles. The number of benzene rings is 2. The number of aliphatic hydroxyl groups is 1. The molecule has 0 radical (unpaired) electrons. The summed E-state index contributed by atoms with van der Waals surface area (Å²) in [6.07, 6.45) is 0.624. The van der Waals surface area contributed by atoms with Gasteiger partial charge < -0.3 is 20.3 Å². The fourth-order valence-electron chi connectivity index (χ4n) is 4.27. The van der Waals surface area contributed by atoms with Crippen LogP contribution in [0, 0.1) is 5.82 Å². The molecule has 3 aromatic rings. The van der Waals surface area contributed by atoms with Gasteiger partial charge in [-0.15, -0.1) is 0 Å². The van der Waals surface area contributed by atoms with E-state index in [-0.39, 0.29) is 29.6 Å². The Balaban J connectivity index is 1.56. The van der Waals surface area contributed by atoms with Crippen molar-refractivity contribution in [2.75, 3.05) is 18.4 Å². The van der Waals surface area contributed by atoms with Gasteiger partial charge in [0, 0.05) is 22.3 Å². The maximum absolute atomic E-state index is 14.7. The first-order valence-electron chi connectivity index (χ1n) is 10.6. The van der Waals surface area contributed by atoms with Crippen LogP contribution in [0.2, 0.25) is 10.0 Å². The van der Waals surface area contributed by atoms with Crippen LogP contribution < -0.4 is 10.9 Å². The lowest BCUT2D eigenvalue weighted by Gasteiger charge is -2.36. The number of aromatic amines is 1. The summed E-state index contributed by atoms with van der Waals surface area (Å²) in [4.78, 5) is 29.6. The Bertz CT molecular complexity index is 1320. The Labute approximate surface area is 200 Å². The summed E-state index contributed by atoms with van der Waals surface area (Å²) >= 11 is 12.5. The number of nitrogens with zero attached hydrogens (tertiary/aromatic N) is 1. The van der Waals surface area contributed by atoms with Gasteiger partial charge in [0.25, 0.3) is 5.56 Å². The predicted octanol–water partition coefficient (Wildman–Crippen LogP) is 4.76. The number of carbonyl (C=O) groups excluding carboxylic acids is 1. The van der Waals surface area contributed by atoms with Crippen molar-refractivity contribution in [1.82, 2.24) is 9.88 Å². The number of hydrogen-bond acceptors (Lipinski definition) is 4. The molecule has 9 heteroatoms. The first-order chi connectivity index (χ1) is 15.5. The van der Waals surface area contributed by atoms with Crippen LogP contribution in [0.1, 0.15) is 43.6 Å². The number of halogens is 3. The van der Waals surface area contributed by atoms with Gasteiger partial charge in [-0.2, -0.15) is 0 Å². The van der Waals surface area contributed by atoms with E-state index in [9.17, 15) is 19.1 Å². The summed E-state index contributed by atoms with van der Waals surface area (Å²) in [6, 6.07) is 7.47. The fourth-order valence-corrected chi connectivity index (χ4v) is 4.96. The fraction of sp³-hybridized carbons (Fsp3) is 0.333. The molecule has 1 aliphatic rings. The van der Waals surface area contributed by atoms with Crippen molar-refractivity contribution in [3.8, 4) is 0 Å². The number of anilines is 1. The second kappa shape index (κ2) is 8.63. The Morgan fingerprint density at radius 1 is 1.27 bits per heavy atom. The molecule has 6 nitrogen and oxygen atoms in total. The van der Waals surface area contributed by atoms with Gasteiger partial charge in [-0.1, -0.05) is 23.2 Å². The molecular formula is C24H24Cl2FN3O3. The van der Waals surface area contributed by atoms with E-state index < -0.39 is 17.0 Å². The van der Waals surface area contributed by atoms with Crippen molar-refractivity contribution in [1.29, 1.82) is 0 Å². The quantitative estimate of drug-likeness (QED) is 0.491. The van der Waals surface area contributed by atoms with Gasteiger partial charge in [-0.05, 0) is 74.0 Å². The van der Waals surface area contributed by atoms with Gasteiger partial charge >= 0.3 is 0 Å². The van der Waals surface area contributed by atoms with E-state index in [0.29, 0.717) is 34.1 Å². The normalized spacial score (nSPS) is 16.1. The lowest BCUT2D eigenvalue weighted by molar-refractivity contribution is -0.131. The second-order valence-corrected chi connectivity index (χ2v) is 9.66. The molecule has 0 fully saturated rings. The SMILES string of the molecule is CC1c2c(Cl)cc(Cl)cc2CCN1C(=O)CNc1cc2cc(C(C)(C)O)[nH]c(=O)c2cc1F. The number of rotatable bonds is 4. The van der Waals surface area contributed by atoms with E-state index in [1.165, 1.54) is 6.07 Å². The number of H-pyrrole nitrogens is 1. The van der Waals surface area contributed by atoms with E-state index in [1.54, 1.807) is 30.9 Å². The third kappa shape index (κ3) is 4.58. The van der Waals surface area contributed by atoms with E-state index in [1.807, 2.05) is 13.0 Å². The maximum atomic E-state index is 14.7. The molecule has 1 aromatic heterocycles. The zero-order chi connectivity index (χ0) is 24.1. The zero-order valence-electron chi connectivity index (χ0n) is 18.4. The van der Waals surface area contributed by atoms with Gasteiger partial charge in [0.2, 0.25) is 5.91 Å². The zero-order valence-corrected chi connectivity index (χ0v) is 19.9. The molecule has 0 bridgehead atoms. The van der Waals surface area contributed by atoms with Crippen molar-refractivity contribution in [2.45, 2.75) is 38.8 Å². The molecule has 4 rings (SSSR count). The van der Waals surface area contributed by atoms with E-state index >= 15 is 0 Å². The van der Waals surface area contributed by atoms with Crippen molar-refractivity contribution in [3.05, 3.63) is 73.4 Å². The number of fused-ring (bicyclic) bond motifs is 2. The summed E-state index contributed by atoms with van der Waals surface area (Å²) in [7, 11) is 0. The first-order valence-corrected chi connectivity index (χ1v) is 11.3. The van der Waals surface area contributed by atoms with Crippen LogP contribution in [-0.2, 0) is 16.8 Å². The minimum Gasteiger partial charge on any atom is -0.384 e. The van der Waals surface area contributed by atoms with Crippen molar-refractivity contribution in [3.63, 3.8) is 0 Å². The Hall–Kier alpha value is -2.61. The standard InChI is InChI=1S/C24H24Cl2FN3O3/c1-12-22-13(6-15(25)9-17(22)26)4-5-30(12)21(31)11-28-19-7-14-8-20(24(2,3)33)29-23(32)16(14)10-18(19)27/h6-10,12,28,33H,4-5,11H2,1-3H3,(H,29,32). The molecule has 1 atom stereocenters. The van der Waals surface area contributed by atoms with Crippen molar-refractivity contribution >= 4 is 45.6 Å². The van der Waals surface area contributed by atoms with Gasteiger partial charge in [-0.25, -0.2) is 4.39 Å². The summed E-state index contributed by atoms with van der Waals surface area (Å²) < 4.78 is 14.7. The number of hydrogen-bond donors (Lipinski definition) is 3. The number of aromatic nitrogens is 1. The molecule has 1 amide bonds. The molecule has 1 aliphatic heterocycles. The van der Waals surface area contributed by atoms with Crippen LogP contribution >= 0.6 is 23.2 Å². The third-order valence-electron chi connectivity index (χ3n) is 6.03. The summed E-state index contributed by atoms with van der Waals surface area (Å²) in [5.41, 5.74) is 0.534. The lowest BCUT2D eigenvalue weighted by atomic mass is 9.93. The van der Waals surface area contributed by atoms with Crippen molar-refractivity contribution in [2.24, 2.45) is 0 Å². The highest BCUT2D eigenvalue weighted by Crippen LogP contribution is 2.37. The molecule has 1 unspecified atom stereocenters. The molecule has 2 aromatic carbocycles. The topological polar surface area (TPSA) is 85.4 Å². The van der Waals surface area contributed by atoms with Crippen LogP contribution in [0.25, 0.3) is 10.8 Å². The third-order valence-corrected chi connectivity index (χ3v) is 6.56. The Morgan fingerprint density at radius 2 is 2.00 bits per heavy atom. The van der Waals surface area contributed by atoms with E-state index in [0.717, 1.165) is 17.2 Å². The van der Waals surface area contributed by atoms with E-state index in [4.69, 9.17) is 23.2 Å². The molecule has 0 saturated heterocycles. The predicted molar refractivity (Wildman–Crippen MR) is 129 cm³/mol. The number of nitrogens with one attached hydrogen (secondary N) is 2. The molecule has 0 spiro atoms. The van der Waals surface area contributed by atoms with Crippen LogP contribution in [0.4, 0.5) is 10.1 Å². The average molecular weight is 492 g/mol. The van der Waals surface area contributed by atoms with Crippen molar-refractivity contribution < 1.29 is 14.3 Å². The van der Waals surface area contributed by atoms with Crippen LogP contribution in [0.3, 0.4) is 0 Å². The summed E-state index contributed by atoms with van der Waals surface area (Å²) in [6.45, 7) is 5.36. The molecule has 174 valence electrons. The van der Waals surface area contributed by atoms with Crippen LogP contribution in [0.15, 0.2) is 35.1 Å². The highest BCUT2D eigenvalue weighted by Gasteiger charge is 2.29. The lowest BCUT2D eigenvalue weighted by Crippen LogP contribution is -2.42. The number of pyridine rings is 1. The van der Waals surface area contributed by atoms with Gasteiger partial charge in [0.1, 0.15) is 5.82 Å². The second-order valence-electron chi connectivity index (χ2n) is 8.82. The molecule has 3 N–H and O–H groups in total. The highest BCUT2D eigenvalue weighted by molar-refractivity contribution is 6.35. The van der Waals surface area contributed by atoms with Crippen LogP contribution in [0.5, 0.6) is 0 Å². The minimum absolute atomic E-state index is 0.0954. The average Bonchev–Trinajstić information content (AvgIpc) is 2.71. The van der Waals surface area contributed by atoms with E-state index in [2.05, 4.69) is 10.3 Å². The highest BCUT2D eigenvalue weighted by atomic mass is 35.5. The first kappa shape index (κ1) is 23.5.